The van der Waals surface area contributed by atoms with Gasteiger partial charge in [-0.25, -0.2) is 4.39 Å². The Morgan fingerprint density at radius 2 is 1.31 bits per heavy atom. The van der Waals surface area contributed by atoms with E-state index in [4.69, 9.17) is 11.5 Å². The van der Waals surface area contributed by atoms with Crippen LogP contribution in [0.25, 0.3) is 0 Å². The Bertz CT molecular complexity index is 886. The molecule has 0 amide bonds. The zero-order valence-corrected chi connectivity index (χ0v) is 13.6. The lowest BCUT2D eigenvalue weighted by atomic mass is 10.2. The number of benzene rings is 2. The number of nitro benzene ring substituents is 1. The van der Waals surface area contributed by atoms with E-state index in [1.165, 1.54) is 0 Å². The van der Waals surface area contributed by atoms with Crippen molar-refractivity contribution >= 4 is 17.1 Å². The van der Waals surface area contributed by atoms with Gasteiger partial charge in [-0.15, -0.1) is 26.3 Å². The van der Waals surface area contributed by atoms with E-state index in [2.05, 4.69) is 9.47 Å². The average molecular weight is 435 g/mol. The minimum atomic E-state index is -5.04. The maximum atomic E-state index is 12.9. The predicted molar refractivity (Wildman–Crippen MR) is 81.6 cm³/mol. The molecule has 0 radical (unpaired) electrons. The molecule has 160 valence electrons. The van der Waals surface area contributed by atoms with Gasteiger partial charge in [-0.05, 0) is 12.1 Å². The van der Waals surface area contributed by atoms with Crippen molar-refractivity contribution in [2.24, 2.45) is 0 Å². The highest BCUT2D eigenvalue weighted by atomic mass is 19.4. The minimum absolute atomic E-state index is 0.209. The summed E-state index contributed by atoms with van der Waals surface area (Å²) in [5.41, 5.74) is 8.18. The topological polar surface area (TPSA) is 114 Å². The number of halogens is 8. The molecular weight excluding hydrogens is 426 g/mol. The largest absolute Gasteiger partial charge is 0.573 e. The second-order valence-electron chi connectivity index (χ2n) is 4.88. The van der Waals surface area contributed by atoms with E-state index in [9.17, 15) is 45.2 Å². The third-order valence-corrected chi connectivity index (χ3v) is 2.70. The molecule has 0 saturated carbocycles. The van der Waals surface area contributed by atoms with Gasteiger partial charge in [0.05, 0.1) is 16.3 Å². The third-order valence-electron chi connectivity index (χ3n) is 2.70. The molecule has 0 fully saturated rings. The summed E-state index contributed by atoms with van der Waals surface area (Å²) in [5, 5.41) is 10.2. The number of nitrogens with zero attached hydrogens (tertiary/aromatic N) is 1. The lowest BCUT2D eigenvalue weighted by Gasteiger charge is -2.10. The van der Waals surface area contributed by atoms with Gasteiger partial charge in [0.1, 0.15) is 5.82 Å². The first kappa shape index (κ1) is 23.5. The summed E-state index contributed by atoms with van der Waals surface area (Å²) in [6.45, 7) is 0. The minimum Gasteiger partial charge on any atom is -0.403 e. The molecule has 2 rings (SSSR count). The van der Waals surface area contributed by atoms with Gasteiger partial charge in [-0.2, -0.15) is 4.39 Å². The van der Waals surface area contributed by atoms with Gasteiger partial charge in [-0.1, -0.05) is 0 Å². The van der Waals surface area contributed by atoms with Gasteiger partial charge >= 0.3 is 18.4 Å². The first-order chi connectivity index (χ1) is 13.1. The standard InChI is InChI=1S/C7H4F4N2O3.C7H5F4NO/c8-3-1-6(16-7(9,10)11)4(12)2-5(3)13(14)15;8-4-1-2-5(12)6(3-4)13-7(9,10)11/h1-2H,12H2;1-3H,12H2. The van der Waals surface area contributed by atoms with E-state index in [0.717, 1.165) is 12.1 Å². The number of hydrogen-bond acceptors (Lipinski definition) is 6. The van der Waals surface area contributed by atoms with Gasteiger partial charge < -0.3 is 20.9 Å². The van der Waals surface area contributed by atoms with Crippen LogP contribution in [0.5, 0.6) is 11.5 Å². The van der Waals surface area contributed by atoms with Gasteiger partial charge in [-0.3, -0.25) is 10.1 Å². The van der Waals surface area contributed by atoms with E-state index >= 15 is 0 Å². The molecule has 0 aliphatic rings. The number of nitrogen functional groups attached to an aromatic ring is 2. The number of anilines is 2. The number of hydrogen-bond donors (Lipinski definition) is 2. The fourth-order valence-electron chi connectivity index (χ4n) is 1.63. The first-order valence-electron chi connectivity index (χ1n) is 6.89. The van der Waals surface area contributed by atoms with Gasteiger partial charge in [0.25, 0.3) is 0 Å². The van der Waals surface area contributed by atoms with E-state index < -0.39 is 52.2 Å². The van der Waals surface area contributed by atoms with E-state index in [1.54, 1.807) is 0 Å². The maximum absolute atomic E-state index is 12.9. The summed E-state index contributed by atoms with van der Waals surface area (Å²) < 4.78 is 102. The SMILES string of the molecule is Nc1cc([N+](=O)[O-])c(F)cc1OC(F)(F)F.Nc1ccc(F)cc1OC(F)(F)F. The van der Waals surface area contributed by atoms with Crippen LogP contribution in [0.4, 0.5) is 52.2 Å². The Morgan fingerprint density at radius 1 is 0.828 bits per heavy atom. The molecule has 0 saturated heterocycles. The molecule has 0 unspecified atom stereocenters. The molecule has 7 nitrogen and oxygen atoms in total. The summed E-state index contributed by atoms with van der Waals surface area (Å²) >= 11 is 0. The van der Waals surface area contributed by atoms with Crippen molar-refractivity contribution in [1.29, 1.82) is 0 Å². The molecule has 2 aromatic rings. The lowest BCUT2D eigenvalue weighted by molar-refractivity contribution is -0.387. The van der Waals surface area contributed by atoms with Crippen molar-refractivity contribution in [3.63, 3.8) is 0 Å². The van der Waals surface area contributed by atoms with E-state index in [0.29, 0.717) is 12.1 Å². The highest BCUT2D eigenvalue weighted by Crippen LogP contribution is 2.33. The molecule has 2 aromatic carbocycles. The number of alkyl halides is 6. The molecular formula is C14H9F8N3O4. The highest BCUT2D eigenvalue weighted by Gasteiger charge is 2.33. The molecule has 15 heteroatoms. The van der Waals surface area contributed by atoms with Gasteiger partial charge in [0.15, 0.2) is 11.5 Å². The Labute approximate surface area is 155 Å². The van der Waals surface area contributed by atoms with Crippen LogP contribution in [0.2, 0.25) is 0 Å². The number of nitro groups is 1. The van der Waals surface area contributed by atoms with Crippen molar-refractivity contribution < 1.29 is 49.5 Å². The van der Waals surface area contributed by atoms with Crippen molar-refractivity contribution in [2.45, 2.75) is 12.7 Å². The van der Waals surface area contributed by atoms with Crippen molar-refractivity contribution in [2.75, 3.05) is 11.5 Å². The second-order valence-corrected chi connectivity index (χ2v) is 4.88. The van der Waals surface area contributed by atoms with E-state index in [-0.39, 0.29) is 11.8 Å². The normalized spacial score (nSPS) is 11.3. The van der Waals surface area contributed by atoms with Crippen LogP contribution >= 0.6 is 0 Å². The molecule has 0 atom stereocenters. The fourth-order valence-corrected chi connectivity index (χ4v) is 1.63. The summed E-state index contributed by atoms with van der Waals surface area (Å²) in [6, 6.07) is 3.18. The number of ether oxygens (including phenoxy) is 2. The molecule has 4 N–H and O–H groups in total. The second kappa shape index (κ2) is 8.66. The quantitative estimate of drug-likeness (QED) is 0.317. The van der Waals surface area contributed by atoms with Crippen molar-refractivity contribution in [3.8, 4) is 11.5 Å². The monoisotopic (exact) mass is 435 g/mol. The number of rotatable bonds is 3. The molecule has 0 spiro atoms. The molecule has 0 heterocycles. The third kappa shape index (κ3) is 7.94. The lowest BCUT2D eigenvalue weighted by Crippen LogP contribution is -2.18. The van der Waals surface area contributed by atoms with Gasteiger partial charge in [0, 0.05) is 18.2 Å². The van der Waals surface area contributed by atoms with Gasteiger partial charge in [0.2, 0.25) is 5.82 Å². The van der Waals surface area contributed by atoms with Crippen LogP contribution in [-0.4, -0.2) is 17.6 Å². The van der Waals surface area contributed by atoms with Crippen LogP contribution in [0.15, 0.2) is 30.3 Å². The molecule has 0 aliphatic carbocycles. The zero-order valence-electron chi connectivity index (χ0n) is 13.6. The van der Waals surface area contributed by atoms with Crippen LogP contribution < -0.4 is 20.9 Å². The first-order valence-corrected chi connectivity index (χ1v) is 6.89. The Kier molecular flexibility index (Phi) is 7.02. The van der Waals surface area contributed by atoms with Crippen molar-refractivity contribution in [1.82, 2.24) is 0 Å². The zero-order chi connectivity index (χ0) is 22.6. The Hall–Kier alpha value is -3.52. The smallest absolute Gasteiger partial charge is 0.403 e. The molecule has 0 aliphatic heterocycles. The molecule has 0 aromatic heterocycles. The summed E-state index contributed by atoms with van der Waals surface area (Å²) in [5.74, 6) is -4.05. The summed E-state index contributed by atoms with van der Waals surface area (Å²) in [7, 11) is 0. The predicted octanol–water partition coefficient (Wildman–Crippen LogP) is 4.52. The molecule has 29 heavy (non-hydrogen) atoms. The molecule has 0 bridgehead atoms. The fraction of sp³-hybridized carbons (Fsp3) is 0.143. The number of nitrogens with two attached hydrogens (primary N) is 2. The van der Waals surface area contributed by atoms with E-state index in [1.807, 2.05) is 0 Å². The van der Waals surface area contributed by atoms with Crippen molar-refractivity contribution in [3.05, 3.63) is 52.1 Å². The summed E-state index contributed by atoms with van der Waals surface area (Å²) in [4.78, 5) is 9.11. The van der Waals surface area contributed by atoms with Crippen LogP contribution in [0, 0.1) is 21.7 Å². The average Bonchev–Trinajstić information content (AvgIpc) is 2.52. The maximum Gasteiger partial charge on any atom is 0.573 e. The summed E-state index contributed by atoms with van der Waals surface area (Å²) in [6.07, 6.45) is -9.90. The van der Waals surface area contributed by atoms with Crippen LogP contribution in [-0.2, 0) is 0 Å². The Balaban J connectivity index is 0.000000296. The highest BCUT2D eigenvalue weighted by molar-refractivity contribution is 5.59. The van der Waals surface area contributed by atoms with Crippen LogP contribution in [0.1, 0.15) is 0 Å². The Morgan fingerprint density at radius 3 is 1.76 bits per heavy atom. The van der Waals surface area contributed by atoms with Crippen LogP contribution in [0.3, 0.4) is 0 Å².